The second kappa shape index (κ2) is 8.02. The molecule has 1 atom stereocenters. The molecule has 1 aromatic carbocycles. The Kier molecular flexibility index (Phi) is 5.23. The smallest absolute Gasteiger partial charge is 0.274 e. The summed E-state index contributed by atoms with van der Waals surface area (Å²) in [5.41, 5.74) is 4.55. The van der Waals surface area contributed by atoms with Crippen molar-refractivity contribution < 1.29 is 9.90 Å². The van der Waals surface area contributed by atoms with Gasteiger partial charge in [-0.3, -0.25) is 9.69 Å². The topological polar surface area (TPSA) is 61.1 Å². The number of piperidine rings is 1. The van der Waals surface area contributed by atoms with Crippen LogP contribution in [-0.2, 0) is 19.5 Å². The molecular weight excluding hydrogens is 400 g/mol. The second-order valence-corrected chi connectivity index (χ2v) is 8.70. The molecule has 5 rings (SSSR count). The molecule has 6 nitrogen and oxygen atoms in total. The maximum atomic E-state index is 13.5. The third-order valence-electron chi connectivity index (χ3n) is 6.16. The van der Waals surface area contributed by atoms with Crippen molar-refractivity contribution in [3.8, 4) is 0 Å². The number of hydrogen-bond acceptors (Lipinski definition) is 4. The van der Waals surface area contributed by atoms with Crippen molar-refractivity contribution >= 4 is 23.2 Å². The Labute approximate surface area is 180 Å². The predicted octanol–water partition coefficient (Wildman–Crippen LogP) is 3.14. The fraction of sp³-hybridized carbons (Fsp3) is 0.391. The molecule has 30 heavy (non-hydrogen) atoms. The molecule has 0 saturated carbocycles. The highest BCUT2D eigenvalue weighted by Gasteiger charge is 2.28. The maximum absolute atomic E-state index is 13.5. The SMILES string of the molecule is O=C(c1nc2ccc(Cl)cn2c1CN1CCC[C@H](O)C1)N1CCc2ccccc2C1. The summed E-state index contributed by atoms with van der Waals surface area (Å²) >= 11 is 6.25. The van der Waals surface area contributed by atoms with E-state index in [1.165, 1.54) is 11.1 Å². The van der Waals surface area contributed by atoms with Gasteiger partial charge in [-0.2, -0.15) is 0 Å². The van der Waals surface area contributed by atoms with E-state index in [1.807, 2.05) is 33.7 Å². The van der Waals surface area contributed by atoms with Crippen LogP contribution in [0.2, 0.25) is 5.02 Å². The maximum Gasteiger partial charge on any atom is 0.274 e. The van der Waals surface area contributed by atoms with Crippen LogP contribution in [0.3, 0.4) is 0 Å². The van der Waals surface area contributed by atoms with Crippen LogP contribution < -0.4 is 0 Å². The first kappa shape index (κ1) is 19.5. The van der Waals surface area contributed by atoms with Gasteiger partial charge in [-0.1, -0.05) is 35.9 Å². The molecular formula is C23H25ClN4O2. The van der Waals surface area contributed by atoms with Crippen LogP contribution in [0.25, 0.3) is 5.65 Å². The summed E-state index contributed by atoms with van der Waals surface area (Å²) in [4.78, 5) is 22.3. The Hall–Kier alpha value is -2.41. The summed E-state index contributed by atoms with van der Waals surface area (Å²) in [5.74, 6) is -0.0446. The average Bonchev–Trinajstić information content (AvgIpc) is 3.10. The van der Waals surface area contributed by atoms with Gasteiger partial charge >= 0.3 is 0 Å². The highest BCUT2D eigenvalue weighted by Crippen LogP contribution is 2.24. The van der Waals surface area contributed by atoms with Gasteiger partial charge in [-0.05, 0) is 49.1 Å². The lowest BCUT2D eigenvalue weighted by atomic mass is 9.99. The molecule has 1 amide bonds. The van der Waals surface area contributed by atoms with E-state index in [9.17, 15) is 9.90 Å². The zero-order valence-electron chi connectivity index (χ0n) is 16.8. The van der Waals surface area contributed by atoms with E-state index in [0.717, 1.165) is 31.5 Å². The van der Waals surface area contributed by atoms with Gasteiger partial charge in [0.25, 0.3) is 5.91 Å². The van der Waals surface area contributed by atoms with Crippen molar-refractivity contribution in [1.82, 2.24) is 19.2 Å². The number of nitrogens with zero attached hydrogens (tertiary/aromatic N) is 4. The molecule has 1 N–H and O–H groups in total. The van der Waals surface area contributed by atoms with E-state index in [0.29, 0.717) is 42.5 Å². The summed E-state index contributed by atoms with van der Waals surface area (Å²) in [6.45, 7) is 3.36. The normalized spacial score (nSPS) is 19.8. The van der Waals surface area contributed by atoms with Crippen molar-refractivity contribution in [3.63, 3.8) is 0 Å². The van der Waals surface area contributed by atoms with Crippen molar-refractivity contribution in [3.05, 3.63) is 70.1 Å². The van der Waals surface area contributed by atoms with Crippen LogP contribution in [0.15, 0.2) is 42.6 Å². The van der Waals surface area contributed by atoms with Gasteiger partial charge in [0.15, 0.2) is 5.69 Å². The minimum Gasteiger partial charge on any atom is -0.392 e. The molecule has 7 heteroatoms. The molecule has 0 aliphatic carbocycles. The first-order valence-corrected chi connectivity index (χ1v) is 10.9. The number of β-amino-alcohol motifs (C(OH)–C–C–N with tert-alkyl or cyclic N) is 1. The molecule has 2 aliphatic heterocycles. The monoisotopic (exact) mass is 424 g/mol. The summed E-state index contributed by atoms with van der Waals surface area (Å²) in [7, 11) is 0. The fourth-order valence-corrected chi connectivity index (χ4v) is 4.76. The number of imidazole rings is 1. The van der Waals surface area contributed by atoms with Gasteiger partial charge in [-0.25, -0.2) is 4.98 Å². The number of fused-ring (bicyclic) bond motifs is 2. The van der Waals surface area contributed by atoms with Gasteiger partial charge in [0.05, 0.1) is 16.8 Å². The van der Waals surface area contributed by atoms with E-state index in [2.05, 4.69) is 17.0 Å². The molecule has 156 valence electrons. The van der Waals surface area contributed by atoms with Crippen LogP contribution >= 0.6 is 11.6 Å². The molecule has 4 heterocycles. The Balaban J connectivity index is 1.49. The van der Waals surface area contributed by atoms with Crippen LogP contribution in [-0.4, -0.2) is 55.9 Å². The van der Waals surface area contributed by atoms with Crippen molar-refractivity contribution in [2.24, 2.45) is 0 Å². The second-order valence-electron chi connectivity index (χ2n) is 8.26. The number of likely N-dealkylation sites (tertiary alicyclic amines) is 1. The molecule has 2 aliphatic rings. The number of amides is 1. The first-order chi connectivity index (χ1) is 14.6. The highest BCUT2D eigenvalue weighted by atomic mass is 35.5. The lowest BCUT2D eigenvalue weighted by Crippen LogP contribution is -2.39. The number of aliphatic hydroxyl groups excluding tert-OH is 1. The van der Waals surface area contributed by atoms with Gasteiger partial charge in [0.1, 0.15) is 5.65 Å². The Morgan fingerprint density at radius 1 is 1.17 bits per heavy atom. The summed E-state index contributed by atoms with van der Waals surface area (Å²) in [5, 5.41) is 10.7. The summed E-state index contributed by atoms with van der Waals surface area (Å²) < 4.78 is 1.93. The third-order valence-corrected chi connectivity index (χ3v) is 6.38. The predicted molar refractivity (Wildman–Crippen MR) is 116 cm³/mol. The number of rotatable bonds is 3. The van der Waals surface area contributed by atoms with E-state index in [1.54, 1.807) is 6.07 Å². The number of hydrogen-bond donors (Lipinski definition) is 1. The number of benzene rings is 1. The minimum atomic E-state index is -0.320. The number of carbonyl (C=O) groups is 1. The van der Waals surface area contributed by atoms with Gasteiger partial charge < -0.3 is 14.4 Å². The average molecular weight is 425 g/mol. The zero-order valence-corrected chi connectivity index (χ0v) is 17.6. The Morgan fingerprint density at radius 2 is 2.00 bits per heavy atom. The first-order valence-electron chi connectivity index (χ1n) is 10.5. The Morgan fingerprint density at radius 3 is 2.83 bits per heavy atom. The lowest BCUT2D eigenvalue weighted by Gasteiger charge is -2.31. The number of aliphatic hydroxyl groups is 1. The summed E-state index contributed by atoms with van der Waals surface area (Å²) in [6.07, 6.45) is 4.13. The largest absolute Gasteiger partial charge is 0.392 e. The molecule has 0 spiro atoms. The van der Waals surface area contributed by atoms with Crippen LogP contribution in [0, 0.1) is 0 Å². The molecule has 1 fully saturated rings. The van der Waals surface area contributed by atoms with Gasteiger partial charge in [-0.15, -0.1) is 0 Å². The van der Waals surface area contributed by atoms with E-state index < -0.39 is 0 Å². The van der Waals surface area contributed by atoms with Crippen LogP contribution in [0.5, 0.6) is 0 Å². The van der Waals surface area contributed by atoms with Crippen LogP contribution in [0.4, 0.5) is 0 Å². The summed E-state index contributed by atoms with van der Waals surface area (Å²) in [6, 6.07) is 11.9. The van der Waals surface area contributed by atoms with Crippen molar-refractivity contribution in [2.75, 3.05) is 19.6 Å². The molecule has 0 radical (unpaired) electrons. The van der Waals surface area contributed by atoms with E-state index in [4.69, 9.17) is 16.6 Å². The lowest BCUT2D eigenvalue weighted by molar-refractivity contribution is 0.0648. The number of pyridine rings is 1. The van der Waals surface area contributed by atoms with Crippen molar-refractivity contribution in [2.45, 2.75) is 38.5 Å². The zero-order chi connectivity index (χ0) is 20.7. The standard InChI is InChI=1S/C23H25ClN4O2/c24-18-7-8-21-25-22(20(28(21)13-18)15-26-10-3-6-19(29)14-26)23(30)27-11-9-16-4-1-2-5-17(16)12-27/h1-2,4-5,7-8,13,19,29H,3,6,9-12,14-15H2/t19-/m0/s1. The minimum absolute atomic E-state index is 0.0446. The molecule has 2 aromatic heterocycles. The third kappa shape index (κ3) is 3.71. The number of halogens is 1. The number of aromatic nitrogens is 2. The highest BCUT2D eigenvalue weighted by molar-refractivity contribution is 6.30. The van der Waals surface area contributed by atoms with E-state index >= 15 is 0 Å². The van der Waals surface area contributed by atoms with Gasteiger partial charge in [0, 0.05) is 32.4 Å². The fourth-order valence-electron chi connectivity index (χ4n) is 4.60. The quantitative estimate of drug-likeness (QED) is 0.701. The molecule has 1 saturated heterocycles. The Bertz CT molecular complexity index is 1100. The van der Waals surface area contributed by atoms with Crippen molar-refractivity contribution in [1.29, 1.82) is 0 Å². The number of carbonyl (C=O) groups excluding carboxylic acids is 1. The van der Waals surface area contributed by atoms with Gasteiger partial charge in [0.2, 0.25) is 0 Å². The molecule has 0 unspecified atom stereocenters. The molecule has 3 aromatic rings. The van der Waals surface area contributed by atoms with E-state index in [-0.39, 0.29) is 12.0 Å². The van der Waals surface area contributed by atoms with Crippen LogP contribution in [0.1, 0.15) is 40.2 Å². The molecule has 0 bridgehead atoms.